The normalized spacial score (nSPS) is 19.1. The average molecular weight is 600 g/mol. The molecule has 1 spiro atoms. The molecular formula is C27H28F3N9O2S. The van der Waals surface area contributed by atoms with Crippen LogP contribution in [0.4, 0.5) is 24.7 Å². The molecule has 15 heteroatoms. The Balaban J connectivity index is 1.13. The third kappa shape index (κ3) is 5.04. The molecule has 2 saturated heterocycles. The number of nitrogens with one attached hydrogen (secondary N) is 1. The van der Waals surface area contributed by atoms with Gasteiger partial charge in [0.15, 0.2) is 10.8 Å². The predicted octanol–water partition coefficient (Wildman–Crippen LogP) is 4.85. The summed E-state index contributed by atoms with van der Waals surface area (Å²) in [5, 5.41) is 11.9. The molecule has 1 N–H and O–H groups in total. The number of aromatic nitrogens is 7. The van der Waals surface area contributed by atoms with Gasteiger partial charge in [0.25, 0.3) is 5.91 Å². The molecule has 4 aromatic heterocycles. The fourth-order valence-corrected chi connectivity index (χ4v) is 6.31. The van der Waals surface area contributed by atoms with Crippen LogP contribution in [-0.4, -0.2) is 72.7 Å². The molecule has 11 nitrogen and oxygen atoms in total. The minimum atomic E-state index is -4.48. The van der Waals surface area contributed by atoms with Crippen molar-refractivity contribution in [3.8, 4) is 16.5 Å². The van der Waals surface area contributed by atoms with Crippen molar-refractivity contribution in [2.75, 3.05) is 36.5 Å². The van der Waals surface area contributed by atoms with Gasteiger partial charge in [-0.1, -0.05) is 0 Å². The number of alkyl halides is 3. The van der Waals surface area contributed by atoms with Gasteiger partial charge in [0.05, 0.1) is 29.6 Å². The second-order valence-corrected chi connectivity index (χ2v) is 12.1. The first-order valence-corrected chi connectivity index (χ1v) is 14.7. The Labute approximate surface area is 242 Å². The summed E-state index contributed by atoms with van der Waals surface area (Å²) in [5.41, 5.74) is 3.21. The third-order valence-electron chi connectivity index (χ3n) is 8.32. The van der Waals surface area contributed by atoms with Crippen molar-refractivity contribution in [1.29, 1.82) is 0 Å². The molecule has 1 aliphatic carbocycles. The smallest absolute Gasteiger partial charge is 0.381 e. The van der Waals surface area contributed by atoms with Crippen molar-refractivity contribution in [3.63, 3.8) is 0 Å². The van der Waals surface area contributed by atoms with E-state index in [1.165, 1.54) is 0 Å². The van der Waals surface area contributed by atoms with E-state index in [0.717, 1.165) is 98.2 Å². The summed E-state index contributed by atoms with van der Waals surface area (Å²) in [7, 11) is 0. The number of carbonyl (C=O) groups excluding carboxylic acids is 1. The lowest BCUT2D eigenvalue weighted by Crippen LogP contribution is -2.58. The van der Waals surface area contributed by atoms with Crippen molar-refractivity contribution in [2.45, 2.75) is 50.7 Å². The van der Waals surface area contributed by atoms with Gasteiger partial charge in [-0.25, -0.2) is 15.0 Å². The molecule has 6 heterocycles. The summed E-state index contributed by atoms with van der Waals surface area (Å²) in [4.78, 5) is 29.0. The summed E-state index contributed by atoms with van der Waals surface area (Å²) in [6.07, 6.45) is 6.40. The fourth-order valence-electron chi connectivity index (χ4n) is 5.58. The molecule has 0 radical (unpaired) electrons. The molecule has 7 rings (SSSR count). The van der Waals surface area contributed by atoms with Crippen LogP contribution in [-0.2, 0) is 4.74 Å². The second kappa shape index (κ2) is 10.2. The predicted molar refractivity (Wildman–Crippen MR) is 148 cm³/mol. The Morgan fingerprint density at radius 2 is 1.95 bits per heavy atom. The van der Waals surface area contributed by atoms with Gasteiger partial charge in [-0.05, 0) is 38.7 Å². The van der Waals surface area contributed by atoms with E-state index in [4.69, 9.17) is 4.74 Å². The van der Waals surface area contributed by atoms with Gasteiger partial charge in [0.1, 0.15) is 23.9 Å². The lowest BCUT2D eigenvalue weighted by Gasteiger charge is -2.53. The van der Waals surface area contributed by atoms with Crippen LogP contribution in [0.15, 0.2) is 36.5 Å². The maximum Gasteiger partial charge on any atom is 0.408 e. The van der Waals surface area contributed by atoms with E-state index < -0.39 is 18.1 Å². The maximum absolute atomic E-state index is 13.3. The monoisotopic (exact) mass is 599 g/mol. The van der Waals surface area contributed by atoms with Crippen LogP contribution in [0.5, 0.6) is 0 Å². The standard InChI is InChI=1S/C27H28F3N9O2S/c1-16(27(28,29)30)39-15-33-36-23(39)25-35-22(11-42-25)34-24(40)18-8-20(37-10-19(32-14-37)17-2-3-17)21(9-31-18)38-12-26(13-38)4-6-41-7-5-26/h8-11,14-17H,2-7,12-13H2,1H3,(H,34,40)/t16-/m0/s1. The number of hydrogen-bond donors (Lipinski definition) is 1. The van der Waals surface area contributed by atoms with Crippen LogP contribution in [0.3, 0.4) is 0 Å². The number of rotatable bonds is 7. The molecule has 42 heavy (non-hydrogen) atoms. The number of ether oxygens (including phenoxy) is 1. The van der Waals surface area contributed by atoms with E-state index in [1.54, 1.807) is 24.0 Å². The van der Waals surface area contributed by atoms with Gasteiger partial charge in [-0.3, -0.25) is 9.36 Å². The second-order valence-electron chi connectivity index (χ2n) is 11.3. The van der Waals surface area contributed by atoms with Gasteiger partial charge in [-0.15, -0.1) is 21.5 Å². The third-order valence-corrected chi connectivity index (χ3v) is 9.16. The van der Waals surface area contributed by atoms with Gasteiger partial charge in [0, 0.05) is 49.2 Å². The number of amides is 1. The number of thiazole rings is 1. The first kappa shape index (κ1) is 27.0. The minimum absolute atomic E-state index is 0.0292. The van der Waals surface area contributed by atoms with E-state index in [2.05, 4.69) is 35.4 Å². The first-order chi connectivity index (χ1) is 20.2. The lowest BCUT2D eigenvalue weighted by molar-refractivity contribution is -0.162. The highest BCUT2D eigenvalue weighted by Crippen LogP contribution is 2.44. The maximum atomic E-state index is 13.3. The SMILES string of the molecule is C[C@H](n1cnnc1-c1nc(NC(=O)c2cc(-n3cnc(C4CC4)c3)c(N3CC4(CCOCC4)C3)cn2)cs1)C(F)(F)F. The Morgan fingerprint density at radius 1 is 1.17 bits per heavy atom. The van der Waals surface area contributed by atoms with Gasteiger partial charge in [0.2, 0.25) is 0 Å². The van der Waals surface area contributed by atoms with Crippen molar-refractivity contribution in [1.82, 2.24) is 34.3 Å². The van der Waals surface area contributed by atoms with Gasteiger partial charge < -0.3 is 19.5 Å². The van der Waals surface area contributed by atoms with Crippen molar-refractivity contribution >= 4 is 28.7 Å². The molecule has 1 saturated carbocycles. The van der Waals surface area contributed by atoms with E-state index in [-0.39, 0.29) is 27.8 Å². The molecule has 220 valence electrons. The average Bonchev–Trinajstić information content (AvgIpc) is 3.32. The van der Waals surface area contributed by atoms with Crippen LogP contribution in [0.1, 0.15) is 60.7 Å². The molecule has 4 aromatic rings. The van der Waals surface area contributed by atoms with Crippen LogP contribution in [0.25, 0.3) is 16.5 Å². The molecule has 0 bridgehead atoms. The topological polar surface area (TPSA) is 116 Å². The Morgan fingerprint density at radius 3 is 2.69 bits per heavy atom. The summed E-state index contributed by atoms with van der Waals surface area (Å²) in [5.74, 6) is 0.150. The van der Waals surface area contributed by atoms with Crippen LogP contribution in [0, 0.1) is 5.41 Å². The van der Waals surface area contributed by atoms with Crippen LogP contribution < -0.4 is 10.2 Å². The number of halogens is 3. The number of pyridine rings is 1. The summed E-state index contributed by atoms with van der Waals surface area (Å²) in [6, 6.07) is -0.0886. The van der Waals surface area contributed by atoms with Crippen LogP contribution in [0.2, 0.25) is 0 Å². The zero-order chi connectivity index (χ0) is 29.1. The molecule has 3 aliphatic rings. The summed E-state index contributed by atoms with van der Waals surface area (Å²) < 4.78 is 48.3. The van der Waals surface area contributed by atoms with Crippen molar-refractivity contribution in [3.05, 3.63) is 47.9 Å². The minimum Gasteiger partial charge on any atom is -0.381 e. The van der Waals surface area contributed by atoms with Crippen molar-refractivity contribution in [2.24, 2.45) is 5.41 Å². The number of nitrogens with zero attached hydrogens (tertiary/aromatic N) is 8. The highest BCUT2D eigenvalue weighted by atomic mass is 32.1. The van der Waals surface area contributed by atoms with Gasteiger partial charge >= 0.3 is 6.18 Å². The Kier molecular flexibility index (Phi) is 6.53. The summed E-state index contributed by atoms with van der Waals surface area (Å²) in [6.45, 7) is 4.39. The zero-order valence-electron chi connectivity index (χ0n) is 22.7. The number of carbonyl (C=O) groups is 1. The highest BCUT2D eigenvalue weighted by molar-refractivity contribution is 7.13. The molecule has 0 unspecified atom stereocenters. The van der Waals surface area contributed by atoms with E-state index in [0.29, 0.717) is 5.92 Å². The molecule has 2 aliphatic heterocycles. The largest absolute Gasteiger partial charge is 0.408 e. The first-order valence-electron chi connectivity index (χ1n) is 13.8. The zero-order valence-corrected chi connectivity index (χ0v) is 23.5. The Hall–Kier alpha value is -3.85. The fraction of sp³-hybridized carbons (Fsp3) is 0.481. The van der Waals surface area contributed by atoms with E-state index in [1.807, 2.05) is 10.8 Å². The molecule has 0 aromatic carbocycles. The Bertz CT molecular complexity index is 1610. The molecule has 1 atom stereocenters. The molecule has 1 amide bonds. The molecule has 3 fully saturated rings. The summed E-state index contributed by atoms with van der Waals surface area (Å²) >= 11 is 1.06. The highest BCUT2D eigenvalue weighted by Gasteiger charge is 2.45. The van der Waals surface area contributed by atoms with Crippen molar-refractivity contribution < 1.29 is 22.7 Å². The van der Waals surface area contributed by atoms with E-state index >= 15 is 0 Å². The quantitative estimate of drug-likeness (QED) is 0.321. The number of anilines is 2. The number of imidazole rings is 1. The molecular weight excluding hydrogens is 571 g/mol. The van der Waals surface area contributed by atoms with Gasteiger partial charge in [-0.2, -0.15) is 13.2 Å². The van der Waals surface area contributed by atoms with Crippen LogP contribution >= 0.6 is 11.3 Å². The van der Waals surface area contributed by atoms with E-state index in [9.17, 15) is 18.0 Å². The number of hydrogen-bond acceptors (Lipinski definition) is 9. The lowest BCUT2D eigenvalue weighted by atomic mass is 9.73.